The third kappa shape index (κ3) is 2.66. The molecule has 0 aromatic heterocycles. The molecule has 0 aliphatic carbocycles. The molecule has 1 heterocycles. The number of benzene rings is 1. The number of halogens is 2. The summed E-state index contributed by atoms with van der Waals surface area (Å²) in [6, 6.07) is 2.23. The summed E-state index contributed by atoms with van der Waals surface area (Å²) in [6.45, 7) is 3.47. The van der Waals surface area contributed by atoms with Gasteiger partial charge in [-0.1, -0.05) is 6.07 Å². The molecule has 0 spiro atoms. The number of likely N-dealkylation sites (N-methyl/N-ethyl adjacent to an activating group) is 1. The Morgan fingerprint density at radius 3 is 2.75 bits per heavy atom. The van der Waals surface area contributed by atoms with Crippen molar-refractivity contribution < 1.29 is 13.6 Å². The smallest absolute Gasteiger partial charge is 0.260 e. The van der Waals surface area contributed by atoms with Crippen molar-refractivity contribution in [3.63, 3.8) is 0 Å². The second-order valence-electron chi connectivity index (χ2n) is 5.20. The summed E-state index contributed by atoms with van der Waals surface area (Å²) in [5.41, 5.74) is 5.45. The van der Waals surface area contributed by atoms with E-state index in [0.717, 1.165) is 6.07 Å². The Hall–Kier alpha value is -1.53. The van der Waals surface area contributed by atoms with Gasteiger partial charge in [-0.2, -0.15) is 0 Å². The predicted octanol–water partition coefficient (Wildman–Crippen LogP) is 0.988. The van der Waals surface area contributed by atoms with Crippen molar-refractivity contribution in [3.05, 3.63) is 34.9 Å². The molecule has 1 aromatic carbocycles. The predicted molar refractivity (Wildman–Crippen MR) is 72.5 cm³/mol. The van der Waals surface area contributed by atoms with Crippen LogP contribution >= 0.6 is 0 Å². The van der Waals surface area contributed by atoms with E-state index in [4.69, 9.17) is 5.73 Å². The lowest BCUT2D eigenvalue weighted by molar-refractivity contribution is 0.0506. The Labute approximate surface area is 117 Å². The maximum atomic E-state index is 14.0. The Morgan fingerprint density at radius 1 is 1.40 bits per heavy atom. The van der Waals surface area contributed by atoms with Gasteiger partial charge in [-0.15, -0.1) is 0 Å². The molecule has 2 N–H and O–H groups in total. The molecule has 110 valence electrons. The van der Waals surface area contributed by atoms with E-state index in [9.17, 15) is 13.6 Å². The minimum atomic E-state index is -0.826. The molecule has 2 rings (SSSR count). The molecule has 1 fully saturated rings. The lowest BCUT2D eigenvalue weighted by atomic mass is 10.1. The van der Waals surface area contributed by atoms with Gasteiger partial charge < -0.3 is 15.5 Å². The van der Waals surface area contributed by atoms with Crippen LogP contribution in [-0.4, -0.2) is 55.0 Å². The largest absolute Gasteiger partial charge is 0.332 e. The Bertz CT molecular complexity index is 521. The number of amides is 1. The maximum Gasteiger partial charge on any atom is 0.260 e. The molecule has 1 aliphatic heterocycles. The molecule has 0 bridgehead atoms. The average molecular weight is 283 g/mol. The number of nitrogens with zero attached hydrogens (tertiary/aromatic N) is 2. The van der Waals surface area contributed by atoms with Crippen molar-refractivity contribution >= 4 is 5.91 Å². The minimum absolute atomic E-state index is 0.222. The van der Waals surface area contributed by atoms with E-state index >= 15 is 0 Å². The monoisotopic (exact) mass is 283 g/mol. The summed E-state index contributed by atoms with van der Waals surface area (Å²) in [5, 5.41) is 0. The highest BCUT2D eigenvalue weighted by atomic mass is 19.1. The molecule has 6 heteroatoms. The zero-order valence-electron chi connectivity index (χ0n) is 11.7. The Morgan fingerprint density at radius 2 is 2.10 bits per heavy atom. The van der Waals surface area contributed by atoms with Gasteiger partial charge in [0.2, 0.25) is 0 Å². The van der Waals surface area contributed by atoms with Crippen molar-refractivity contribution in [3.8, 4) is 0 Å². The van der Waals surface area contributed by atoms with Crippen LogP contribution in [0.5, 0.6) is 0 Å². The summed E-state index contributed by atoms with van der Waals surface area (Å²) >= 11 is 0. The highest BCUT2D eigenvalue weighted by Gasteiger charge is 2.32. The summed E-state index contributed by atoms with van der Waals surface area (Å²) in [7, 11) is 1.93. The zero-order valence-corrected chi connectivity index (χ0v) is 11.7. The average Bonchev–Trinajstić information content (AvgIpc) is 2.43. The Kier molecular flexibility index (Phi) is 4.35. The van der Waals surface area contributed by atoms with E-state index < -0.39 is 23.1 Å². The lowest BCUT2D eigenvalue weighted by Gasteiger charge is -2.39. The van der Waals surface area contributed by atoms with Crippen LogP contribution in [0.2, 0.25) is 0 Å². The molecular formula is C14H19F2N3O. The first-order valence-electron chi connectivity index (χ1n) is 6.60. The molecule has 1 saturated heterocycles. The molecule has 4 nitrogen and oxygen atoms in total. The van der Waals surface area contributed by atoms with Gasteiger partial charge in [0.1, 0.15) is 17.2 Å². The quantitative estimate of drug-likeness (QED) is 0.880. The maximum absolute atomic E-state index is 14.0. The summed E-state index contributed by atoms with van der Waals surface area (Å²) in [5.74, 6) is -2.23. The molecule has 1 unspecified atom stereocenters. The number of carbonyl (C=O) groups excluding carboxylic acids is 1. The third-order valence-corrected chi connectivity index (χ3v) is 3.72. The van der Waals surface area contributed by atoms with E-state index in [1.54, 1.807) is 0 Å². The summed E-state index contributed by atoms with van der Waals surface area (Å²) in [6.07, 6.45) is 0. The van der Waals surface area contributed by atoms with Gasteiger partial charge in [-0.3, -0.25) is 4.79 Å². The topological polar surface area (TPSA) is 49.6 Å². The van der Waals surface area contributed by atoms with Gasteiger partial charge in [0, 0.05) is 26.2 Å². The van der Waals surface area contributed by atoms with E-state index in [-0.39, 0.29) is 18.2 Å². The zero-order chi connectivity index (χ0) is 14.9. The number of piperazine rings is 1. The van der Waals surface area contributed by atoms with Crippen LogP contribution in [0.15, 0.2) is 12.1 Å². The third-order valence-electron chi connectivity index (χ3n) is 3.72. The van der Waals surface area contributed by atoms with Gasteiger partial charge in [0.05, 0.1) is 6.04 Å². The minimum Gasteiger partial charge on any atom is -0.332 e. The van der Waals surface area contributed by atoms with Crippen molar-refractivity contribution in [2.24, 2.45) is 5.73 Å². The normalized spacial score (nSPS) is 20.2. The molecule has 0 saturated carbocycles. The summed E-state index contributed by atoms with van der Waals surface area (Å²) in [4.78, 5) is 16.0. The summed E-state index contributed by atoms with van der Waals surface area (Å²) < 4.78 is 27.9. The van der Waals surface area contributed by atoms with E-state index in [1.807, 2.05) is 11.9 Å². The van der Waals surface area contributed by atoms with E-state index in [1.165, 1.54) is 17.9 Å². The van der Waals surface area contributed by atoms with Gasteiger partial charge in [-0.25, -0.2) is 8.78 Å². The SMILES string of the molecule is Cc1ccc(F)c(C(=O)N2CCN(C)CC2CN)c1F. The Balaban J connectivity index is 2.34. The van der Waals surface area contributed by atoms with Gasteiger partial charge >= 0.3 is 0 Å². The second-order valence-corrected chi connectivity index (χ2v) is 5.20. The molecule has 1 amide bonds. The van der Waals surface area contributed by atoms with E-state index in [2.05, 4.69) is 0 Å². The first-order chi connectivity index (χ1) is 9.45. The molecule has 20 heavy (non-hydrogen) atoms. The van der Waals surface area contributed by atoms with Crippen LogP contribution in [0.4, 0.5) is 8.78 Å². The molecule has 1 aromatic rings. The highest BCUT2D eigenvalue weighted by Crippen LogP contribution is 2.20. The van der Waals surface area contributed by atoms with Crippen LogP contribution in [-0.2, 0) is 0 Å². The van der Waals surface area contributed by atoms with Crippen LogP contribution in [0.1, 0.15) is 15.9 Å². The molecular weight excluding hydrogens is 264 g/mol. The fourth-order valence-corrected chi connectivity index (χ4v) is 2.48. The number of aryl methyl sites for hydroxylation is 1. The number of rotatable bonds is 2. The number of hydrogen-bond donors (Lipinski definition) is 1. The van der Waals surface area contributed by atoms with Crippen molar-refractivity contribution in [2.45, 2.75) is 13.0 Å². The highest BCUT2D eigenvalue weighted by molar-refractivity contribution is 5.95. The fourth-order valence-electron chi connectivity index (χ4n) is 2.48. The molecule has 0 radical (unpaired) electrons. The standard InChI is InChI=1S/C14H19F2N3O/c1-9-3-4-11(15)12(13(9)16)14(20)19-6-5-18(2)8-10(19)7-17/h3-4,10H,5-8,17H2,1-2H3. The first-order valence-corrected chi connectivity index (χ1v) is 6.60. The van der Waals surface area contributed by atoms with Crippen molar-refractivity contribution in [1.29, 1.82) is 0 Å². The number of carbonyl (C=O) groups is 1. The van der Waals surface area contributed by atoms with E-state index in [0.29, 0.717) is 19.6 Å². The van der Waals surface area contributed by atoms with Crippen molar-refractivity contribution in [1.82, 2.24) is 9.80 Å². The lowest BCUT2D eigenvalue weighted by Crippen LogP contribution is -2.57. The van der Waals surface area contributed by atoms with Crippen LogP contribution in [0.3, 0.4) is 0 Å². The molecule has 1 atom stereocenters. The number of hydrogen-bond acceptors (Lipinski definition) is 3. The molecule has 1 aliphatic rings. The van der Waals surface area contributed by atoms with Crippen LogP contribution < -0.4 is 5.73 Å². The fraction of sp³-hybridized carbons (Fsp3) is 0.500. The van der Waals surface area contributed by atoms with Gasteiger partial charge in [-0.05, 0) is 25.6 Å². The van der Waals surface area contributed by atoms with Crippen LogP contribution in [0.25, 0.3) is 0 Å². The van der Waals surface area contributed by atoms with Gasteiger partial charge in [0.15, 0.2) is 0 Å². The first kappa shape index (κ1) is 14.9. The van der Waals surface area contributed by atoms with Crippen molar-refractivity contribution in [2.75, 3.05) is 33.2 Å². The van der Waals surface area contributed by atoms with Crippen LogP contribution in [0, 0.1) is 18.6 Å². The number of nitrogens with two attached hydrogens (primary N) is 1. The van der Waals surface area contributed by atoms with Gasteiger partial charge in [0.25, 0.3) is 5.91 Å². The second kappa shape index (κ2) is 5.85.